The van der Waals surface area contributed by atoms with Gasteiger partial charge in [0.05, 0.1) is 29.4 Å². The number of aromatic nitrogens is 1. The summed E-state index contributed by atoms with van der Waals surface area (Å²) in [6, 6.07) is 17.6. The van der Waals surface area contributed by atoms with Gasteiger partial charge in [-0.05, 0) is 82.5 Å². The molecule has 0 radical (unpaired) electrons. The van der Waals surface area contributed by atoms with E-state index in [1.807, 2.05) is 13.8 Å². The second kappa shape index (κ2) is 9.14. The molecule has 6 heteroatoms. The number of benzene rings is 2. The third-order valence-electron chi connectivity index (χ3n) is 7.41. The molecule has 0 N–H and O–H groups in total. The molecular formula is C29H34N4O2. The van der Waals surface area contributed by atoms with Crippen LogP contribution in [0.1, 0.15) is 42.3 Å². The standard InChI is InChI=1S/C29H34N4O2/c1-19-6-7-23(28-21(3)31-35-22(28)4)14-27(19)33(15-20(2)34-26-16-32(5)17-26)25-10-8-24(9-11-25)29(18-30)12-13-29/h6-11,14,20,26H,12-13,15-17H2,1-5H3. The van der Waals surface area contributed by atoms with E-state index < -0.39 is 0 Å². The maximum Gasteiger partial charge on any atom is 0.141 e. The van der Waals surface area contributed by atoms with E-state index in [0.29, 0.717) is 6.10 Å². The smallest absolute Gasteiger partial charge is 0.141 e. The molecule has 2 aliphatic rings. The number of likely N-dealkylation sites (tertiary alicyclic amines) is 1. The van der Waals surface area contributed by atoms with Crippen molar-refractivity contribution in [3.8, 4) is 17.2 Å². The van der Waals surface area contributed by atoms with Gasteiger partial charge < -0.3 is 19.1 Å². The first-order chi connectivity index (χ1) is 16.8. The predicted octanol–water partition coefficient (Wildman–Crippen LogP) is 5.68. The Kier molecular flexibility index (Phi) is 6.16. The average molecular weight is 471 g/mol. The summed E-state index contributed by atoms with van der Waals surface area (Å²) in [7, 11) is 2.12. The molecule has 0 amide bonds. The van der Waals surface area contributed by atoms with Crippen LogP contribution < -0.4 is 4.90 Å². The van der Waals surface area contributed by atoms with E-state index in [9.17, 15) is 5.26 Å². The minimum absolute atomic E-state index is 0.0596. The van der Waals surface area contributed by atoms with Crippen molar-refractivity contribution in [3.05, 3.63) is 65.0 Å². The summed E-state index contributed by atoms with van der Waals surface area (Å²) in [5.41, 5.74) is 7.30. The highest BCUT2D eigenvalue weighted by molar-refractivity contribution is 5.76. The van der Waals surface area contributed by atoms with Crippen molar-refractivity contribution in [1.82, 2.24) is 10.1 Å². The molecule has 1 aromatic heterocycles. The van der Waals surface area contributed by atoms with Gasteiger partial charge in [0.1, 0.15) is 5.76 Å². The lowest BCUT2D eigenvalue weighted by molar-refractivity contribution is -0.0740. The first-order valence-corrected chi connectivity index (χ1v) is 12.5. The Morgan fingerprint density at radius 1 is 1.17 bits per heavy atom. The molecule has 2 fully saturated rings. The summed E-state index contributed by atoms with van der Waals surface area (Å²) in [5, 5.41) is 13.8. The van der Waals surface area contributed by atoms with Crippen molar-refractivity contribution in [2.45, 2.75) is 58.2 Å². The van der Waals surface area contributed by atoms with Gasteiger partial charge in [0, 0.05) is 36.6 Å². The fourth-order valence-electron chi connectivity index (χ4n) is 5.20. The number of aryl methyl sites for hydroxylation is 3. The molecule has 1 atom stereocenters. The van der Waals surface area contributed by atoms with E-state index >= 15 is 0 Å². The van der Waals surface area contributed by atoms with Crippen LogP contribution in [-0.2, 0) is 10.2 Å². The maximum atomic E-state index is 9.63. The number of nitrogens with zero attached hydrogens (tertiary/aromatic N) is 4. The molecule has 3 aromatic rings. The Bertz CT molecular complexity index is 1230. The van der Waals surface area contributed by atoms with Gasteiger partial charge in [0.15, 0.2) is 0 Å². The summed E-state index contributed by atoms with van der Waals surface area (Å²) < 4.78 is 11.8. The lowest BCUT2D eigenvalue weighted by Crippen LogP contribution is -2.51. The zero-order valence-electron chi connectivity index (χ0n) is 21.3. The van der Waals surface area contributed by atoms with Gasteiger partial charge in [0.25, 0.3) is 0 Å². The number of hydrogen-bond acceptors (Lipinski definition) is 6. The number of anilines is 2. The zero-order chi connectivity index (χ0) is 24.7. The van der Waals surface area contributed by atoms with Crippen LogP contribution in [0.5, 0.6) is 0 Å². The second-order valence-electron chi connectivity index (χ2n) is 10.3. The quantitative estimate of drug-likeness (QED) is 0.422. The highest BCUT2D eigenvalue weighted by atomic mass is 16.5. The molecule has 1 aliphatic heterocycles. The molecule has 1 unspecified atom stereocenters. The number of rotatable bonds is 8. The van der Waals surface area contributed by atoms with Crippen molar-refractivity contribution in [2.24, 2.45) is 0 Å². The van der Waals surface area contributed by atoms with Crippen LogP contribution >= 0.6 is 0 Å². The Balaban J connectivity index is 1.50. The lowest BCUT2D eigenvalue weighted by Gasteiger charge is -2.39. The monoisotopic (exact) mass is 470 g/mol. The normalized spacial score (nSPS) is 18.1. The molecule has 1 saturated carbocycles. The minimum Gasteiger partial charge on any atom is -0.371 e. The minimum atomic E-state index is -0.283. The van der Waals surface area contributed by atoms with E-state index in [-0.39, 0.29) is 11.5 Å². The molecule has 0 bridgehead atoms. The Morgan fingerprint density at radius 2 is 1.89 bits per heavy atom. The largest absolute Gasteiger partial charge is 0.371 e. The van der Waals surface area contributed by atoms with Gasteiger partial charge in [-0.25, -0.2) is 0 Å². The van der Waals surface area contributed by atoms with E-state index in [1.54, 1.807) is 0 Å². The van der Waals surface area contributed by atoms with E-state index in [1.165, 1.54) is 5.56 Å². The Labute approximate surface area is 208 Å². The molecule has 182 valence electrons. The fraction of sp³-hybridized carbons (Fsp3) is 0.448. The molecule has 5 rings (SSSR count). The average Bonchev–Trinajstić information content (AvgIpc) is 3.56. The topological polar surface area (TPSA) is 65.5 Å². The van der Waals surface area contributed by atoms with E-state index in [2.05, 4.69) is 84.4 Å². The van der Waals surface area contributed by atoms with Gasteiger partial charge in [-0.2, -0.15) is 5.26 Å². The zero-order valence-corrected chi connectivity index (χ0v) is 21.3. The highest BCUT2D eigenvalue weighted by Gasteiger charge is 2.44. The van der Waals surface area contributed by atoms with E-state index in [4.69, 9.17) is 9.26 Å². The molecule has 2 heterocycles. The van der Waals surface area contributed by atoms with Crippen LogP contribution in [-0.4, -0.2) is 48.9 Å². The molecular weight excluding hydrogens is 436 g/mol. The number of ether oxygens (including phenoxy) is 1. The number of nitriles is 1. The number of hydrogen-bond donors (Lipinski definition) is 0. The Hall–Kier alpha value is -3.14. The van der Waals surface area contributed by atoms with Crippen molar-refractivity contribution in [2.75, 3.05) is 31.6 Å². The molecule has 6 nitrogen and oxygen atoms in total. The van der Waals surface area contributed by atoms with Crippen molar-refractivity contribution in [3.63, 3.8) is 0 Å². The van der Waals surface area contributed by atoms with Gasteiger partial charge in [-0.1, -0.05) is 29.4 Å². The molecule has 2 aromatic carbocycles. The first-order valence-electron chi connectivity index (χ1n) is 12.5. The fourth-order valence-corrected chi connectivity index (χ4v) is 5.20. The third kappa shape index (κ3) is 4.59. The van der Waals surface area contributed by atoms with Crippen molar-refractivity contribution < 1.29 is 9.26 Å². The van der Waals surface area contributed by atoms with Gasteiger partial charge >= 0.3 is 0 Å². The molecule has 0 spiro atoms. The van der Waals surface area contributed by atoms with Crippen LogP contribution in [0.15, 0.2) is 47.0 Å². The Morgan fingerprint density at radius 3 is 2.46 bits per heavy atom. The summed E-state index contributed by atoms with van der Waals surface area (Å²) >= 11 is 0. The van der Waals surface area contributed by atoms with Crippen molar-refractivity contribution in [1.29, 1.82) is 5.26 Å². The van der Waals surface area contributed by atoms with Crippen LogP contribution in [0, 0.1) is 32.1 Å². The molecule has 35 heavy (non-hydrogen) atoms. The van der Waals surface area contributed by atoms with Crippen LogP contribution in [0.2, 0.25) is 0 Å². The summed E-state index contributed by atoms with van der Waals surface area (Å²) in [6.07, 6.45) is 2.25. The second-order valence-corrected chi connectivity index (χ2v) is 10.3. The van der Waals surface area contributed by atoms with Crippen LogP contribution in [0.4, 0.5) is 11.4 Å². The number of likely N-dealkylation sites (N-methyl/N-ethyl adjacent to an activating group) is 1. The first kappa shape index (κ1) is 23.6. The molecule has 1 saturated heterocycles. The predicted molar refractivity (Wildman–Crippen MR) is 138 cm³/mol. The lowest BCUT2D eigenvalue weighted by atomic mass is 9.97. The summed E-state index contributed by atoms with van der Waals surface area (Å²) in [6.45, 7) is 10.9. The van der Waals surface area contributed by atoms with Gasteiger partial charge in [0.2, 0.25) is 0 Å². The summed E-state index contributed by atoms with van der Waals surface area (Å²) in [5.74, 6) is 0.824. The maximum absolute atomic E-state index is 9.63. The van der Waals surface area contributed by atoms with Crippen LogP contribution in [0.25, 0.3) is 11.1 Å². The third-order valence-corrected chi connectivity index (χ3v) is 7.41. The van der Waals surface area contributed by atoms with Crippen molar-refractivity contribution >= 4 is 11.4 Å². The summed E-state index contributed by atoms with van der Waals surface area (Å²) in [4.78, 5) is 4.62. The SMILES string of the molecule is Cc1ccc(-c2c(C)noc2C)cc1N(CC(C)OC1CN(C)C1)c1ccc(C2(C#N)CC2)cc1. The molecule has 1 aliphatic carbocycles. The van der Waals surface area contributed by atoms with Gasteiger partial charge in [-0.15, -0.1) is 0 Å². The van der Waals surface area contributed by atoms with E-state index in [0.717, 1.165) is 72.0 Å². The van der Waals surface area contributed by atoms with Crippen LogP contribution in [0.3, 0.4) is 0 Å². The van der Waals surface area contributed by atoms with Gasteiger partial charge in [-0.3, -0.25) is 0 Å². The highest BCUT2D eigenvalue weighted by Crippen LogP contribution is 2.48.